The predicted octanol–water partition coefficient (Wildman–Crippen LogP) is 5.07. The van der Waals surface area contributed by atoms with Crippen LogP contribution < -0.4 is 5.32 Å². The quantitative estimate of drug-likeness (QED) is 0.543. The number of anilines is 1. The molecule has 3 rings (SSSR count). The van der Waals surface area contributed by atoms with Crippen LogP contribution in [0.4, 0.5) is 18.9 Å². The Morgan fingerprint density at radius 1 is 1.38 bits per heavy atom. The van der Waals surface area contributed by atoms with Crippen LogP contribution >= 0.6 is 27.5 Å². The van der Waals surface area contributed by atoms with Crippen LogP contribution in [0.2, 0.25) is 5.02 Å². The minimum atomic E-state index is -4.70. The Bertz CT molecular complexity index is 1050. The molecule has 1 aromatic carbocycles. The van der Waals surface area contributed by atoms with Crippen molar-refractivity contribution >= 4 is 39.1 Å². The summed E-state index contributed by atoms with van der Waals surface area (Å²) in [7, 11) is 0. The molecule has 0 saturated carbocycles. The van der Waals surface area contributed by atoms with Gasteiger partial charge in [0.25, 0.3) is 0 Å². The van der Waals surface area contributed by atoms with E-state index in [4.69, 9.17) is 11.6 Å². The fraction of sp³-hybridized carbons (Fsp3) is 0.278. The molecule has 1 N–H and O–H groups in total. The summed E-state index contributed by atoms with van der Waals surface area (Å²) in [6, 6.07) is 6.11. The number of carbonyl (C=O) groups excluding carboxylic acids is 1. The highest BCUT2D eigenvalue weighted by Crippen LogP contribution is 2.36. The second kappa shape index (κ2) is 8.19. The van der Waals surface area contributed by atoms with Crippen LogP contribution in [0.25, 0.3) is 0 Å². The molecule has 1 atom stereocenters. The lowest BCUT2D eigenvalue weighted by molar-refractivity contribution is -0.141. The van der Waals surface area contributed by atoms with Crippen molar-refractivity contribution in [3.63, 3.8) is 0 Å². The van der Waals surface area contributed by atoms with E-state index in [-0.39, 0.29) is 5.69 Å². The number of hydrogen-bond donors (Lipinski definition) is 1. The lowest BCUT2D eigenvalue weighted by atomic mass is 10.2. The zero-order valence-electron chi connectivity index (χ0n) is 15.3. The Balaban J connectivity index is 1.76. The molecule has 6 nitrogen and oxygen atoms in total. The zero-order valence-corrected chi connectivity index (χ0v) is 17.7. The van der Waals surface area contributed by atoms with Crippen molar-refractivity contribution < 1.29 is 18.0 Å². The van der Waals surface area contributed by atoms with Crippen molar-refractivity contribution in [1.82, 2.24) is 19.6 Å². The summed E-state index contributed by atoms with van der Waals surface area (Å²) in [4.78, 5) is 12.6. The molecule has 0 radical (unpaired) electrons. The first-order valence-electron chi connectivity index (χ1n) is 8.46. The lowest BCUT2D eigenvalue weighted by Gasteiger charge is -2.15. The minimum Gasteiger partial charge on any atom is -0.324 e. The molecule has 0 aliphatic carbocycles. The molecule has 0 bridgehead atoms. The Kier molecular flexibility index (Phi) is 6.04. The zero-order chi connectivity index (χ0) is 21.3. The lowest BCUT2D eigenvalue weighted by Crippen LogP contribution is -2.25. The highest BCUT2D eigenvalue weighted by molar-refractivity contribution is 9.10. The second-order valence-electron chi connectivity index (χ2n) is 6.41. The number of carbonyl (C=O) groups is 1. The van der Waals surface area contributed by atoms with Gasteiger partial charge in [-0.3, -0.25) is 14.2 Å². The van der Waals surface area contributed by atoms with E-state index in [9.17, 15) is 18.0 Å². The molecule has 11 heteroatoms. The fourth-order valence-corrected chi connectivity index (χ4v) is 3.33. The van der Waals surface area contributed by atoms with Crippen molar-refractivity contribution in [2.75, 3.05) is 5.32 Å². The van der Waals surface area contributed by atoms with Gasteiger partial charge < -0.3 is 5.32 Å². The van der Waals surface area contributed by atoms with Crippen LogP contribution in [0, 0.1) is 6.92 Å². The van der Waals surface area contributed by atoms with E-state index < -0.39 is 28.8 Å². The maximum absolute atomic E-state index is 13.0. The molecule has 2 heterocycles. The number of benzene rings is 1. The number of hydrogen-bond acceptors (Lipinski definition) is 3. The van der Waals surface area contributed by atoms with E-state index in [2.05, 4.69) is 31.4 Å². The van der Waals surface area contributed by atoms with Gasteiger partial charge in [-0.2, -0.15) is 23.4 Å². The third-order valence-corrected chi connectivity index (χ3v) is 5.09. The van der Waals surface area contributed by atoms with Crippen LogP contribution in [-0.2, 0) is 17.5 Å². The summed E-state index contributed by atoms with van der Waals surface area (Å²) >= 11 is 9.09. The van der Waals surface area contributed by atoms with E-state index in [1.54, 1.807) is 29.1 Å². The molecule has 154 valence electrons. The second-order valence-corrected chi connectivity index (χ2v) is 7.71. The Hall–Kier alpha value is -2.33. The molecule has 0 aliphatic rings. The van der Waals surface area contributed by atoms with Gasteiger partial charge in [-0.15, -0.1) is 0 Å². The van der Waals surface area contributed by atoms with E-state index >= 15 is 0 Å². The third-order valence-electron chi connectivity index (χ3n) is 4.23. The molecular weight excluding hydrogens is 475 g/mol. The molecule has 1 amide bonds. The summed E-state index contributed by atoms with van der Waals surface area (Å²) in [5.41, 5.74) is 0.268. The van der Waals surface area contributed by atoms with Gasteiger partial charge in [0.2, 0.25) is 5.91 Å². The molecule has 0 fully saturated rings. The molecule has 0 aliphatic heterocycles. The van der Waals surface area contributed by atoms with Gasteiger partial charge in [0.05, 0.1) is 27.9 Å². The van der Waals surface area contributed by atoms with Gasteiger partial charge in [-0.25, -0.2) is 0 Å². The molecule has 0 spiro atoms. The van der Waals surface area contributed by atoms with Crippen LogP contribution in [0.5, 0.6) is 0 Å². The molecular formula is C18H16BrClF3N5O. The predicted molar refractivity (Wildman–Crippen MR) is 106 cm³/mol. The van der Waals surface area contributed by atoms with Crippen LogP contribution in [0.1, 0.15) is 29.9 Å². The summed E-state index contributed by atoms with van der Waals surface area (Å²) in [5.74, 6) is -0.514. The largest absolute Gasteiger partial charge is 0.436 e. The first-order chi connectivity index (χ1) is 13.6. The topological polar surface area (TPSA) is 64.7 Å². The normalized spacial score (nSPS) is 12.8. The number of alkyl halides is 3. The van der Waals surface area contributed by atoms with E-state index in [1.807, 2.05) is 12.3 Å². The standard InChI is InChI=1S/C18H16BrClF3N5O/c1-10-15(20)16(18(21,22)23)26-28(10)11(2)17(29)25-14-5-3-4-12(6-14)8-27-9-13(19)7-24-27/h3-7,9,11H,8H2,1-2H3,(H,25,29). The monoisotopic (exact) mass is 489 g/mol. The third kappa shape index (κ3) is 4.81. The summed E-state index contributed by atoms with van der Waals surface area (Å²) < 4.78 is 42.6. The average Bonchev–Trinajstić information content (AvgIpc) is 3.18. The van der Waals surface area contributed by atoms with E-state index in [0.29, 0.717) is 12.2 Å². The van der Waals surface area contributed by atoms with Gasteiger partial charge >= 0.3 is 6.18 Å². The number of amides is 1. The first-order valence-corrected chi connectivity index (χ1v) is 9.63. The number of rotatable bonds is 5. The number of nitrogens with zero attached hydrogens (tertiary/aromatic N) is 4. The smallest absolute Gasteiger partial charge is 0.324 e. The first kappa shape index (κ1) is 21.4. The van der Waals surface area contributed by atoms with Crippen molar-refractivity contribution in [3.8, 4) is 0 Å². The number of nitrogens with one attached hydrogen (secondary N) is 1. The van der Waals surface area contributed by atoms with Crippen LogP contribution in [0.3, 0.4) is 0 Å². The summed E-state index contributed by atoms with van der Waals surface area (Å²) in [5, 5.41) is 9.87. The average molecular weight is 491 g/mol. The number of aromatic nitrogens is 4. The Morgan fingerprint density at radius 2 is 2.10 bits per heavy atom. The van der Waals surface area contributed by atoms with Gasteiger partial charge in [0.15, 0.2) is 5.69 Å². The summed E-state index contributed by atoms with van der Waals surface area (Å²) in [6.45, 7) is 3.34. The molecule has 0 saturated heterocycles. The maximum atomic E-state index is 13.0. The minimum absolute atomic E-state index is 0.0691. The van der Waals surface area contributed by atoms with E-state index in [1.165, 1.54) is 13.8 Å². The summed E-state index contributed by atoms with van der Waals surface area (Å²) in [6.07, 6.45) is -1.21. The maximum Gasteiger partial charge on any atom is 0.436 e. The molecule has 1 unspecified atom stereocenters. The number of halogens is 5. The van der Waals surface area contributed by atoms with Crippen LogP contribution in [-0.4, -0.2) is 25.5 Å². The van der Waals surface area contributed by atoms with Gasteiger partial charge in [0.1, 0.15) is 6.04 Å². The van der Waals surface area contributed by atoms with E-state index in [0.717, 1.165) is 14.7 Å². The van der Waals surface area contributed by atoms with Crippen LogP contribution in [0.15, 0.2) is 41.1 Å². The highest BCUT2D eigenvalue weighted by Gasteiger charge is 2.39. The van der Waals surface area contributed by atoms with Gasteiger partial charge in [0, 0.05) is 11.9 Å². The Labute approximate surface area is 177 Å². The molecule has 3 aromatic rings. The highest BCUT2D eigenvalue weighted by atomic mass is 79.9. The van der Waals surface area contributed by atoms with Crippen molar-refractivity contribution in [2.45, 2.75) is 32.6 Å². The van der Waals surface area contributed by atoms with Crippen molar-refractivity contribution in [3.05, 3.63) is 63.1 Å². The van der Waals surface area contributed by atoms with Gasteiger partial charge in [-0.05, 0) is 47.5 Å². The Morgan fingerprint density at radius 3 is 2.69 bits per heavy atom. The SMILES string of the molecule is Cc1c(Cl)c(C(F)(F)F)nn1C(C)C(=O)Nc1cccc(Cn2cc(Br)cn2)c1. The fourth-order valence-electron chi connectivity index (χ4n) is 2.77. The molecule has 2 aromatic heterocycles. The van der Waals surface area contributed by atoms with Crippen molar-refractivity contribution in [1.29, 1.82) is 0 Å². The van der Waals surface area contributed by atoms with Crippen molar-refractivity contribution in [2.24, 2.45) is 0 Å². The molecule has 29 heavy (non-hydrogen) atoms. The van der Waals surface area contributed by atoms with Gasteiger partial charge in [-0.1, -0.05) is 23.7 Å².